The van der Waals surface area contributed by atoms with Crippen LogP contribution in [0.1, 0.15) is 52.4 Å². The summed E-state index contributed by atoms with van der Waals surface area (Å²) in [6.45, 7) is 4.08. The first-order chi connectivity index (χ1) is 8.00. The predicted octanol–water partition coefficient (Wildman–Crippen LogP) is 2.38. The van der Waals surface area contributed by atoms with Gasteiger partial charge < -0.3 is 11.1 Å². The molecule has 0 aromatic heterocycles. The van der Waals surface area contributed by atoms with Crippen LogP contribution < -0.4 is 11.1 Å². The monoisotopic (exact) mass is 256 g/mol. The molecule has 0 radical (unpaired) electrons. The number of hydrogen-bond acceptors (Lipinski definition) is 2. The van der Waals surface area contributed by atoms with Gasteiger partial charge in [0.25, 0.3) is 0 Å². The molecular weight excluding hydrogens is 232 g/mol. The van der Waals surface area contributed by atoms with Crippen molar-refractivity contribution in [2.75, 3.05) is 0 Å². The van der Waals surface area contributed by atoms with Crippen molar-refractivity contribution < 1.29 is 4.79 Å². The highest BCUT2D eigenvalue weighted by molar-refractivity contribution is 7.80. The maximum atomic E-state index is 11.8. The summed E-state index contributed by atoms with van der Waals surface area (Å²) in [6.07, 6.45) is 6.55. The summed E-state index contributed by atoms with van der Waals surface area (Å²) >= 11 is 5.09. The zero-order chi connectivity index (χ0) is 12.8. The van der Waals surface area contributed by atoms with E-state index in [0.717, 1.165) is 12.8 Å². The first-order valence-electron chi connectivity index (χ1n) is 6.59. The summed E-state index contributed by atoms with van der Waals surface area (Å²) < 4.78 is 0. The smallest absolute Gasteiger partial charge is 0.220 e. The molecule has 4 heteroatoms. The fourth-order valence-corrected chi connectivity index (χ4v) is 2.74. The van der Waals surface area contributed by atoms with Gasteiger partial charge in [-0.1, -0.05) is 45.3 Å². The lowest BCUT2D eigenvalue weighted by Crippen LogP contribution is -2.49. The van der Waals surface area contributed by atoms with Crippen LogP contribution in [0, 0.1) is 11.8 Å². The minimum Gasteiger partial charge on any atom is -0.392 e. The minimum atomic E-state index is -0.100. The van der Waals surface area contributed by atoms with E-state index in [4.69, 9.17) is 18.0 Å². The number of rotatable bonds is 5. The van der Waals surface area contributed by atoms with Crippen LogP contribution in [-0.4, -0.2) is 16.9 Å². The van der Waals surface area contributed by atoms with E-state index >= 15 is 0 Å². The SMILES string of the molecule is CC(C)CC(=O)NC(C(N)=S)C1CCCCC1. The summed E-state index contributed by atoms with van der Waals surface area (Å²) in [5.74, 6) is 0.883. The number of amides is 1. The molecule has 1 aliphatic carbocycles. The van der Waals surface area contributed by atoms with Crippen molar-refractivity contribution in [3.8, 4) is 0 Å². The van der Waals surface area contributed by atoms with Crippen LogP contribution in [0.2, 0.25) is 0 Å². The standard InChI is InChI=1S/C13H24N2OS/c1-9(2)8-11(16)15-12(13(14)17)10-6-4-3-5-7-10/h9-10,12H,3-8H2,1-2H3,(H2,14,17)(H,15,16). The van der Waals surface area contributed by atoms with E-state index in [2.05, 4.69) is 5.32 Å². The van der Waals surface area contributed by atoms with Gasteiger partial charge in [-0.05, 0) is 24.7 Å². The van der Waals surface area contributed by atoms with Crippen molar-refractivity contribution >= 4 is 23.1 Å². The molecule has 1 fully saturated rings. The summed E-state index contributed by atoms with van der Waals surface area (Å²) in [7, 11) is 0. The minimum absolute atomic E-state index is 0.0726. The molecule has 1 rings (SSSR count). The number of nitrogens with one attached hydrogen (secondary N) is 1. The molecule has 3 nitrogen and oxygen atoms in total. The quantitative estimate of drug-likeness (QED) is 0.743. The van der Waals surface area contributed by atoms with Gasteiger partial charge in [-0.2, -0.15) is 0 Å². The normalized spacial score (nSPS) is 19.0. The Morgan fingerprint density at radius 3 is 2.41 bits per heavy atom. The Labute approximate surface area is 110 Å². The first kappa shape index (κ1) is 14.4. The highest BCUT2D eigenvalue weighted by atomic mass is 32.1. The third kappa shape index (κ3) is 5.02. The third-order valence-corrected chi connectivity index (χ3v) is 3.59. The first-order valence-corrected chi connectivity index (χ1v) is 7.00. The van der Waals surface area contributed by atoms with E-state index in [1.165, 1.54) is 19.3 Å². The zero-order valence-corrected chi connectivity index (χ0v) is 11.7. The van der Waals surface area contributed by atoms with E-state index in [9.17, 15) is 4.79 Å². The molecule has 0 bridgehead atoms. The van der Waals surface area contributed by atoms with Crippen LogP contribution in [0.25, 0.3) is 0 Å². The Morgan fingerprint density at radius 2 is 1.94 bits per heavy atom. The van der Waals surface area contributed by atoms with Crippen molar-refractivity contribution in [2.45, 2.75) is 58.4 Å². The highest BCUT2D eigenvalue weighted by Crippen LogP contribution is 2.26. The van der Waals surface area contributed by atoms with E-state index in [-0.39, 0.29) is 11.9 Å². The van der Waals surface area contributed by atoms with Crippen LogP contribution in [0.5, 0.6) is 0 Å². The van der Waals surface area contributed by atoms with Gasteiger partial charge in [0, 0.05) is 6.42 Å². The van der Waals surface area contributed by atoms with Crippen LogP contribution >= 0.6 is 12.2 Å². The Hall–Kier alpha value is -0.640. The van der Waals surface area contributed by atoms with Gasteiger partial charge in [-0.15, -0.1) is 0 Å². The topological polar surface area (TPSA) is 55.1 Å². The van der Waals surface area contributed by atoms with Gasteiger partial charge in [0.15, 0.2) is 0 Å². The summed E-state index contributed by atoms with van der Waals surface area (Å²) in [5, 5.41) is 3.01. The maximum Gasteiger partial charge on any atom is 0.220 e. The van der Waals surface area contributed by atoms with E-state index in [0.29, 0.717) is 23.2 Å². The summed E-state index contributed by atoms with van der Waals surface area (Å²) in [4.78, 5) is 12.2. The predicted molar refractivity (Wildman–Crippen MR) is 74.7 cm³/mol. The lowest BCUT2D eigenvalue weighted by atomic mass is 9.83. The molecule has 0 aromatic carbocycles. The van der Waals surface area contributed by atoms with Crippen LogP contribution in [-0.2, 0) is 4.79 Å². The average molecular weight is 256 g/mol. The fraction of sp³-hybridized carbons (Fsp3) is 0.846. The Balaban J connectivity index is 2.53. The third-order valence-electron chi connectivity index (χ3n) is 3.34. The van der Waals surface area contributed by atoms with Crippen LogP contribution in [0.15, 0.2) is 0 Å². The molecule has 0 saturated heterocycles. The Bertz CT molecular complexity index is 273. The van der Waals surface area contributed by atoms with E-state index < -0.39 is 0 Å². The highest BCUT2D eigenvalue weighted by Gasteiger charge is 2.27. The molecule has 1 saturated carbocycles. The number of thiocarbonyl (C=S) groups is 1. The van der Waals surface area contributed by atoms with Crippen molar-refractivity contribution in [3.05, 3.63) is 0 Å². The van der Waals surface area contributed by atoms with Crippen LogP contribution in [0.4, 0.5) is 0 Å². The molecular formula is C13H24N2OS. The second kappa shape index (κ2) is 6.94. The fourth-order valence-electron chi connectivity index (χ4n) is 2.49. The Kier molecular flexibility index (Phi) is 5.89. The van der Waals surface area contributed by atoms with Crippen molar-refractivity contribution in [1.82, 2.24) is 5.32 Å². The van der Waals surface area contributed by atoms with Gasteiger partial charge in [0.05, 0.1) is 11.0 Å². The molecule has 1 atom stereocenters. The van der Waals surface area contributed by atoms with E-state index in [1.807, 2.05) is 13.8 Å². The molecule has 17 heavy (non-hydrogen) atoms. The van der Waals surface area contributed by atoms with Crippen molar-refractivity contribution in [3.63, 3.8) is 0 Å². The number of carbonyl (C=O) groups excluding carboxylic acids is 1. The Morgan fingerprint density at radius 1 is 1.35 bits per heavy atom. The molecule has 0 heterocycles. The van der Waals surface area contributed by atoms with Gasteiger partial charge in [0.1, 0.15) is 0 Å². The largest absolute Gasteiger partial charge is 0.392 e. The summed E-state index contributed by atoms with van der Waals surface area (Å²) in [6, 6.07) is -0.100. The maximum absolute atomic E-state index is 11.8. The average Bonchev–Trinajstić information content (AvgIpc) is 2.25. The number of hydrogen-bond donors (Lipinski definition) is 2. The number of nitrogens with two attached hydrogens (primary N) is 1. The molecule has 1 amide bonds. The van der Waals surface area contributed by atoms with Gasteiger partial charge in [0.2, 0.25) is 5.91 Å². The lowest BCUT2D eigenvalue weighted by Gasteiger charge is -2.30. The van der Waals surface area contributed by atoms with Gasteiger partial charge in [-0.25, -0.2) is 0 Å². The zero-order valence-electron chi connectivity index (χ0n) is 10.9. The van der Waals surface area contributed by atoms with Crippen molar-refractivity contribution in [2.24, 2.45) is 17.6 Å². The van der Waals surface area contributed by atoms with Crippen LogP contribution in [0.3, 0.4) is 0 Å². The molecule has 0 spiro atoms. The second-order valence-electron chi connectivity index (χ2n) is 5.44. The molecule has 98 valence electrons. The molecule has 1 unspecified atom stereocenters. The number of carbonyl (C=O) groups is 1. The van der Waals surface area contributed by atoms with Crippen molar-refractivity contribution in [1.29, 1.82) is 0 Å². The molecule has 1 aliphatic rings. The van der Waals surface area contributed by atoms with Gasteiger partial charge >= 0.3 is 0 Å². The lowest BCUT2D eigenvalue weighted by molar-refractivity contribution is -0.122. The van der Waals surface area contributed by atoms with Gasteiger partial charge in [-0.3, -0.25) is 4.79 Å². The second-order valence-corrected chi connectivity index (χ2v) is 5.92. The molecule has 0 aliphatic heterocycles. The molecule has 0 aromatic rings. The molecule has 3 N–H and O–H groups in total. The summed E-state index contributed by atoms with van der Waals surface area (Å²) in [5.41, 5.74) is 5.76. The van der Waals surface area contributed by atoms with E-state index in [1.54, 1.807) is 0 Å².